The predicted octanol–water partition coefficient (Wildman–Crippen LogP) is 0.537. The molecule has 0 aliphatic heterocycles. The van der Waals surface area contributed by atoms with Crippen molar-refractivity contribution in [3.8, 4) is 0 Å². The van der Waals surface area contributed by atoms with Crippen LogP contribution in [0.25, 0.3) is 0 Å². The number of carbonyl (C=O) groups is 1. The van der Waals surface area contributed by atoms with Crippen LogP contribution in [-0.2, 0) is 29.2 Å². The van der Waals surface area contributed by atoms with E-state index in [1.165, 1.54) is 18.2 Å². The maximum atomic E-state index is 11.3. The Balaban J connectivity index is 0.000000433. The monoisotopic (exact) mass is 338 g/mol. The minimum absolute atomic E-state index is 0.00275. The van der Waals surface area contributed by atoms with Crippen LogP contribution in [-0.4, -0.2) is 44.8 Å². The third kappa shape index (κ3) is 9.73. The summed E-state index contributed by atoms with van der Waals surface area (Å²) in [4.78, 5) is 9.64. The Morgan fingerprint density at radius 3 is 2.05 bits per heavy atom. The lowest BCUT2D eigenvalue weighted by Gasteiger charge is -2.01. The Kier molecular flexibility index (Phi) is 7.81. The molecule has 0 amide bonds. The molecule has 2 N–H and O–H groups in total. The Hall–Kier alpha value is -1.75. The molecular formula is C11H14O8S2. The SMILES string of the molecule is C=CCOS(=O)(=O)c1ccccc1.O=C(O)CS(=O)(=O)O. The van der Waals surface area contributed by atoms with Crippen molar-refractivity contribution >= 4 is 26.2 Å². The van der Waals surface area contributed by atoms with Crippen molar-refractivity contribution < 1.29 is 35.5 Å². The highest BCUT2D eigenvalue weighted by Gasteiger charge is 2.12. The number of hydrogen-bond donors (Lipinski definition) is 2. The number of benzene rings is 1. The first kappa shape index (κ1) is 19.2. The van der Waals surface area contributed by atoms with Crippen molar-refractivity contribution in [2.75, 3.05) is 12.4 Å². The molecule has 0 radical (unpaired) electrons. The average Bonchev–Trinajstić information content (AvgIpc) is 2.35. The Bertz CT molecular complexity index is 661. The van der Waals surface area contributed by atoms with Gasteiger partial charge >= 0.3 is 5.97 Å². The third-order valence-electron chi connectivity index (χ3n) is 1.68. The second-order valence-electron chi connectivity index (χ2n) is 3.46. The van der Waals surface area contributed by atoms with E-state index in [2.05, 4.69) is 10.8 Å². The predicted molar refractivity (Wildman–Crippen MR) is 73.8 cm³/mol. The van der Waals surface area contributed by atoms with Gasteiger partial charge in [-0.05, 0) is 12.1 Å². The van der Waals surface area contributed by atoms with Crippen molar-refractivity contribution in [1.29, 1.82) is 0 Å². The van der Waals surface area contributed by atoms with E-state index in [1.54, 1.807) is 18.2 Å². The number of carboxylic acid groups (broad SMARTS) is 1. The first-order valence-electron chi connectivity index (χ1n) is 5.31. The van der Waals surface area contributed by atoms with E-state index in [1.807, 2.05) is 0 Å². The molecule has 0 unspecified atom stereocenters. The summed E-state index contributed by atoms with van der Waals surface area (Å²) in [5.41, 5.74) is 0. The summed E-state index contributed by atoms with van der Waals surface area (Å²) in [7, 11) is -7.92. The zero-order valence-electron chi connectivity index (χ0n) is 10.7. The van der Waals surface area contributed by atoms with Crippen LogP contribution in [0.5, 0.6) is 0 Å². The van der Waals surface area contributed by atoms with Gasteiger partial charge in [-0.15, -0.1) is 6.58 Å². The van der Waals surface area contributed by atoms with Crippen molar-refractivity contribution in [2.24, 2.45) is 0 Å². The van der Waals surface area contributed by atoms with Crippen molar-refractivity contribution in [1.82, 2.24) is 0 Å². The highest BCUT2D eigenvalue weighted by molar-refractivity contribution is 7.86. The fourth-order valence-corrected chi connectivity index (χ4v) is 2.16. The van der Waals surface area contributed by atoms with E-state index in [0.29, 0.717) is 0 Å². The van der Waals surface area contributed by atoms with Crippen LogP contribution in [0.2, 0.25) is 0 Å². The molecule has 1 aromatic rings. The van der Waals surface area contributed by atoms with Crippen LogP contribution in [0.3, 0.4) is 0 Å². The van der Waals surface area contributed by atoms with E-state index in [0.717, 1.165) is 0 Å². The lowest BCUT2D eigenvalue weighted by Crippen LogP contribution is -2.13. The summed E-state index contributed by atoms with van der Waals surface area (Å²) in [6, 6.07) is 8.00. The highest BCUT2D eigenvalue weighted by atomic mass is 32.2. The molecule has 0 aliphatic rings. The topological polar surface area (TPSA) is 135 Å². The Labute approximate surface area is 122 Å². The van der Waals surface area contributed by atoms with Gasteiger partial charge in [0.2, 0.25) is 0 Å². The molecule has 10 heteroatoms. The summed E-state index contributed by atoms with van der Waals surface area (Å²) < 4.78 is 54.3. The van der Waals surface area contributed by atoms with Gasteiger partial charge in [0.15, 0.2) is 5.75 Å². The maximum absolute atomic E-state index is 11.3. The van der Waals surface area contributed by atoms with E-state index >= 15 is 0 Å². The number of carboxylic acids is 1. The zero-order valence-corrected chi connectivity index (χ0v) is 12.4. The molecule has 0 saturated carbocycles. The molecule has 21 heavy (non-hydrogen) atoms. The van der Waals surface area contributed by atoms with Crippen LogP contribution in [0, 0.1) is 0 Å². The van der Waals surface area contributed by atoms with Gasteiger partial charge in [0, 0.05) is 0 Å². The summed E-state index contributed by atoms with van der Waals surface area (Å²) >= 11 is 0. The molecule has 118 valence electrons. The average molecular weight is 338 g/mol. The van der Waals surface area contributed by atoms with Gasteiger partial charge < -0.3 is 5.11 Å². The van der Waals surface area contributed by atoms with E-state index in [4.69, 9.17) is 9.66 Å². The quantitative estimate of drug-likeness (QED) is 0.436. The fourth-order valence-electron chi connectivity index (χ4n) is 0.949. The maximum Gasteiger partial charge on any atom is 0.321 e. The zero-order chi connectivity index (χ0) is 16.5. The molecule has 0 atom stereocenters. The first-order chi connectivity index (χ1) is 9.58. The van der Waals surface area contributed by atoms with Crippen molar-refractivity contribution in [3.05, 3.63) is 43.0 Å². The smallest absolute Gasteiger partial charge is 0.321 e. The largest absolute Gasteiger partial charge is 0.480 e. The minimum Gasteiger partial charge on any atom is -0.480 e. The Morgan fingerprint density at radius 1 is 1.19 bits per heavy atom. The summed E-state index contributed by atoms with van der Waals surface area (Å²) in [6.45, 7) is 3.37. The molecule has 0 heterocycles. The van der Waals surface area contributed by atoms with Crippen LogP contribution in [0.15, 0.2) is 47.9 Å². The molecule has 1 aromatic carbocycles. The molecule has 0 aromatic heterocycles. The molecule has 0 spiro atoms. The normalized spacial score (nSPS) is 11.1. The first-order valence-corrected chi connectivity index (χ1v) is 8.32. The molecule has 0 aliphatic carbocycles. The molecule has 8 nitrogen and oxygen atoms in total. The van der Waals surface area contributed by atoms with Gasteiger partial charge in [-0.1, -0.05) is 24.3 Å². The van der Waals surface area contributed by atoms with Crippen LogP contribution in [0.4, 0.5) is 0 Å². The fraction of sp³-hybridized carbons (Fsp3) is 0.182. The summed E-state index contributed by atoms with van der Waals surface area (Å²) in [5.74, 6) is -2.79. The molecular weight excluding hydrogens is 324 g/mol. The van der Waals surface area contributed by atoms with Crippen LogP contribution >= 0.6 is 0 Å². The van der Waals surface area contributed by atoms with E-state index in [-0.39, 0.29) is 11.5 Å². The number of aliphatic carboxylic acids is 1. The lowest BCUT2D eigenvalue weighted by molar-refractivity contribution is -0.134. The summed E-state index contributed by atoms with van der Waals surface area (Å²) in [5, 5.41) is 7.71. The van der Waals surface area contributed by atoms with Crippen LogP contribution in [0.1, 0.15) is 0 Å². The molecule has 0 fully saturated rings. The third-order valence-corrected chi connectivity index (χ3v) is 3.59. The highest BCUT2D eigenvalue weighted by Crippen LogP contribution is 2.10. The van der Waals surface area contributed by atoms with Crippen LogP contribution < -0.4 is 0 Å². The second kappa shape index (κ2) is 8.52. The van der Waals surface area contributed by atoms with Gasteiger partial charge in [-0.3, -0.25) is 13.5 Å². The Morgan fingerprint density at radius 2 is 1.71 bits per heavy atom. The summed E-state index contributed by atoms with van der Waals surface area (Å²) in [6.07, 6.45) is 1.39. The number of rotatable bonds is 6. The minimum atomic E-state index is -4.32. The van der Waals surface area contributed by atoms with Gasteiger partial charge in [0.05, 0.1) is 11.5 Å². The van der Waals surface area contributed by atoms with E-state index < -0.39 is 32.0 Å². The van der Waals surface area contributed by atoms with Gasteiger partial charge in [-0.25, -0.2) is 0 Å². The molecule has 0 saturated heterocycles. The lowest BCUT2D eigenvalue weighted by atomic mass is 10.4. The van der Waals surface area contributed by atoms with Gasteiger partial charge in [-0.2, -0.15) is 16.8 Å². The van der Waals surface area contributed by atoms with Crippen molar-refractivity contribution in [2.45, 2.75) is 4.90 Å². The van der Waals surface area contributed by atoms with Crippen molar-refractivity contribution in [3.63, 3.8) is 0 Å². The van der Waals surface area contributed by atoms with E-state index in [9.17, 15) is 21.6 Å². The standard InChI is InChI=1S/C9H10O3S.C2H4O5S/c1-2-8-12-13(10,11)9-6-4-3-5-7-9;3-2(4)1-8(5,6)7/h2-7H,1,8H2;1H2,(H,3,4)(H,5,6,7). The molecule has 1 rings (SSSR count). The van der Waals surface area contributed by atoms with Gasteiger partial charge in [0.25, 0.3) is 20.2 Å². The second-order valence-corrected chi connectivity index (χ2v) is 6.53. The molecule has 0 bridgehead atoms. The van der Waals surface area contributed by atoms with Gasteiger partial charge in [0.1, 0.15) is 0 Å². The number of hydrogen-bond acceptors (Lipinski definition) is 6.